The molecule has 0 bridgehead atoms. The van der Waals surface area contributed by atoms with Gasteiger partial charge >= 0.3 is 0 Å². The van der Waals surface area contributed by atoms with Gasteiger partial charge < -0.3 is 0 Å². The van der Waals surface area contributed by atoms with E-state index in [1.165, 1.54) is 51.0 Å². The van der Waals surface area contributed by atoms with Crippen LogP contribution in [0.2, 0.25) is 0 Å². The van der Waals surface area contributed by atoms with Crippen molar-refractivity contribution in [3.63, 3.8) is 0 Å². The van der Waals surface area contributed by atoms with Gasteiger partial charge in [0.15, 0.2) is 0 Å². The van der Waals surface area contributed by atoms with Crippen LogP contribution in [0.5, 0.6) is 0 Å². The number of nitrogens with zero attached hydrogens (tertiary/aromatic N) is 1. The molecular formula is C22H29F2N. The zero-order chi connectivity index (χ0) is 17.9. The Balaban J connectivity index is 1.61. The summed E-state index contributed by atoms with van der Waals surface area (Å²) in [7, 11) is 0. The molecular weight excluding hydrogens is 316 g/mol. The molecule has 1 nitrogen and oxygen atoms in total. The largest absolute Gasteiger partial charge is 0.216 e. The molecule has 0 radical (unpaired) electrons. The quantitative estimate of drug-likeness (QED) is 0.448. The lowest BCUT2D eigenvalue weighted by molar-refractivity contribution is 0.249. The summed E-state index contributed by atoms with van der Waals surface area (Å²) in [6.07, 6.45) is 15.2. The molecule has 1 fully saturated rings. The maximum atomic E-state index is 13.6. The molecule has 0 unspecified atom stereocenters. The second kappa shape index (κ2) is 11.0. The minimum atomic E-state index is -0.397. The van der Waals surface area contributed by atoms with Crippen LogP contribution in [0.15, 0.2) is 30.6 Å². The minimum absolute atomic E-state index is 0.130. The highest BCUT2D eigenvalue weighted by Crippen LogP contribution is 2.34. The first-order valence-electron chi connectivity index (χ1n) is 9.66. The number of nitriles is 1. The molecule has 1 aliphatic carbocycles. The number of allylic oxidation sites excluding steroid dienone is 1. The summed E-state index contributed by atoms with van der Waals surface area (Å²) < 4.78 is 25.5. The molecule has 0 aliphatic heterocycles. The maximum absolute atomic E-state index is 13.6. The molecule has 0 heterocycles. The Labute approximate surface area is 150 Å². The van der Waals surface area contributed by atoms with Gasteiger partial charge in [-0.25, -0.2) is 8.78 Å². The molecule has 0 atom stereocenters. The third-order valence-electron chi connectivity index (χ3n) is 5.53. The fourth-order valence-corrected chi connectivity index (χ4v) is 3.92. The summed E-state index contributed by atoms with van der Waals surface area (Å²) in [5.74, 6) is 1.22. The van der Waals surface area contributed by atoms with Crippen molar-refractivity contribution in [2.75, 3.05) is 0 Å². The predicted octanol–water partition coefficient (Wildman–Crippen LogP) is 6.87. The van der Waals surface area contributed by atoms with Gasteiger partial charge in [0.1, 0.15) is 11.9 Å². The van der Waals surface area contributed by atoms with Gasteiger partial charge in [0.25, 0.3) is 0 Å². The fourth-order valence-electron chi connectivity index (χ4n) is 3.92. The molecule has 0 saturated heterocycles. The number of benzene rings is 1. The lowest BCUT2D eigenvalue weighted by atomic mass is 9.77. The average Bonchev–Trinajstić information content (AvgIpc) is 2.64. The van der Waals surface area contributed by atoms with E-state index in [-0.39, 0.29) is 5.56 Å². The van der Waals surface area contributed by atoms with Crippen LogP contribution >= 0.6 is 0 Å². The topological polar surface area (TPSA) is 23.8 Å². The molecule has 1 aliphatic rings. The number of aryl methyl sites for hydroxylation is 1. The van der Waals surface area contributed by atoms with Crippen molar-refractivity contribution in [3.05, 3.63) is 47.5 Å². The van der Waals surface area contributed by atoms with Crippen LogP contribution in [0.3, 0.4) is 0 Å². The summed E-state index contributed by atoms with van der Waals surface area (Å²) >= 11 is 0. The minimum Gasteiger partial charge on any atom is -0.216 e. The Morgan fingerprint density at radius 2 is 1.76 bits per heavy atom. The van der Waals surface area contributed by atoms with Gasteiger partial charge in [0, 0.05) is 0 Å². The van der Waals surface area contributed by atoms with E-state index in [2.05, 4.69) is 0 Å². The highest BCUT2D eigenvalue weighted by molar-refractivity contribution is 5.33. The van der Waals surface area contributed by atoms with E-state index in [0.717, 1.165) is 43.1 Å². The number of hydrogen-bond acceptors (Lipinski definition) is 1. The molecule has 1 aromatic rings. The van der Waals surface area contributed by atoms with Crippen molar-refractivity contribution in [3.8, 4) is 6.07 Å². The van der Waals surface area contributed by atoms with Crippen molar-refractivity contribution >= 4 is 0 Å². The van der Waals surface area contributed by atoms with Crippen LogP contribution in [0.25, 0.3) is 0 Å². The Kier molecular flexibility index (Phi) is 8.66. The lowest BCUT2D eigenvalue weighted by Crippen LogP contribution is -2.15. The van der Waals surface area contributed by atoms with Crippen molar-refractivity contribution in [2.24, 2.45) is 11.8 Å². The molecule has 3 heteroatoms. The van der Waals surface area contributed by atoms with E-state index in [1.807, 2.05) is 12.1 Å². The van der Waals surface area contributed by atoms with Gasteiger partial charge in [0.05, 0.1) is 11.9 Å². The van der Waals surface area contributed by atoms with Gasteiger partial charge in [-0.15, -0.1) is 0 Å². The summed E-state index contributed by atoms with van der Waals surface area (Å²) in [5.41, 5.74) is 1.13. The molecule has 0 amide bonds. The smallest absolute Gasteiger partial charge is 0.141 e. The second-order valence-corrected chi connectivity index (χ2v) is 7.35. The van der Waals surface area contributed by atoms with E-state index >= 15 is 0 Å². The molecule has 136 valence electrons. The zero-order valence-corrected chi connectivity index (χ0v) is 15.0. The van der Waals surface area contributed by atoms with Crippen LogP contribution in [0.4, 0.5) is 8.78 Å². The molecule has 0 spiro atoms. The number of hydrogen-bond donors (Lipinski definition) is 0. The molecule has 0 aromatic heterocycles. The average molecular weight is 345 g/mol. The molecule has 1 saturated carbocycles. The third-order valence-corrected chi connectivity index (χ3v) is 5.53. The summed E-state index contributed by atoms with van der Waals surface area (Å²) in [5, 5.41) is 8.78. The molecule has 2 rings (SSSR count). The summed E-state index contributed by atoms with van der Waals surface area (Å²) in [4.78, 5) is 0. The van der Waals surface area contributed by atoms with E-state index in [0.29, 0.717) is 6.33 Å². The highest BCUT2D eigenvalue weighted by atomic mass is 19.1. The molecule has 25 heavy (non-hydrogen) atoms. The first-order chi connectivity index (χ1) is 12.2. The Morgan fingerprint density at radius 3 is 2.40 bits per heavy atom. The Hall–Kier alpha value is -1.69. The fraction of sp³-hybridized carbons (Fsp3) is 0.591. The van der Waals surface area contributed by atoms with Gasteiger partial charge in [0.2, 0.25) is 0 Å². The highest BCUT2D eigenvalue weighted by Gasteiger charge is 2.20. The maximum Gasteiger partial charge on any atom is 0.141 e. The SMILES string of the molecule is N#Cc1ccc(CCC2CCC(CCCCC/C=C/F)CC2)cc1F. The first kappa shape index (κ1) is 19.6. The van der Waals surface area contributed by atoms with Gasteiger partial charge in [-0.2, -0.15) is 5.26 Å². The Bertz CT molecular complexity index is 580. The van der Waals surface area contributed by atoms with Crippen molar-refractivity contribution in [2.45, 2.75) is 70.6 Å². The van der Waals surface area contributed by atoms with Gasteiger partial charge in [-0.3, -0.25) is 0 Å². The van der Waals surface area contributed by atoms with Gasteiger partial charge in [-0.1, -0.05) is 57.1 Å². The standard InChI is InChI=1S/C22H29F2N/c23-15-5-3-1-2-4-6-18-7-9-19(10-8-18)11-12-20-13-14-21(17-25)22(24)16-20/h5,13-16,18-19H,1-4,6-12H2/b15-5+. The van der Waals surface area contributed by atoms with E-state index in [1.54, 1.807) is 12.1 Å². The van der Waals surface area contributed by atoms with Crippen molar-refractivity contribution < 1.29 is 8.78 Å². The van der Waals surface area contributed by atoms with E-state index in [9.17, 15) is 8.78 Å². The monoisotopic (exact) mass is 345 g/mol. The van der Waals surface area contributed by atoms with Crippen LogP contribution in [0, 0.1) is 29.0 Å². The van der Waals surface area contributed by atoms with Crippen LogP contribution < -0.4 is 0 Å². The molecule has 1 aromatic carbocycles. The Morgan fingerprint density at radius 1 is 1.04 bits per heavy atom. The summed E-state index contributed by atoms with van der Waals surface area (Å²) in [6.45, 7) is 0. The second-order valence-electron chi connectivity index (χ2n) is 7.35. The number of unbranched alkanes of at least 4 members (excludes halogenated alkanes) is 3. The van der Waals surface area contributed by atoms with Crippen LogP contribution in [-0.2, 0) is 6.42 Å². The first-order valence-corrected chi connectivity index (χ1v) is 9.66. The normalized spacial score (nSPS) is 20.7. The van der Waals surface area contributed by atoms with E-state index < -0.39 is 5.82 Å². The van der Waals surface area contributed by atoms with Crippen molar-refractivity contribution in [1.82, 2.24) is 0 Å². The van der Waals surface area contributed by atoms with Gasteiger partial charge in [-0.05, 0) is 55.2 Å². The molecule has 0 N–H and O–H groups in total. The van der Waals surface area contributed by atoms with Crippen LogP contribution in [0.1, 0.15) is 75.3 Å². The zero-order valence-electron chi connectivity index (χ0n) is 15.0. The third kappa shape index (κ3) is 6.98. The van der Waals surface area contributed by atoms with E-state index in [4.69, 9.17) is 5.26 Å². The van der Waals surface area contributed by atoms with Crippen molar-refractivity contribution in [1.29, 1.82) is 5.26 Å². The number of rotatable bonds is 9. The van der Waals surface area contributed by atoms with Crippen LogP contribution in [-0.4, -0.2) is 0 Å². The number of halogens is 2. The predicted molar refractivity (Wildman–Crippen MR) is 98.2 cm³/mol. The summed E-state index contributed by atoms with van der Waals surface area (Å²) in [6, 6.07) is 6.85. The lowest BCUT2D eigenvalue weighted by Gasteiger charge is -2.28.